The number of nitrogens with one attached hydrogen (secondary N) is 1. The number of carbonyl (C=O) groups is 3. The minimum Gasteiger partial charge on any atom is -0.341 e. The minimum absolute atomic E-state index is 0.0405. The van der Waals surface area contributed by atoms with Crippen LogP contribution in [0.4, 0.5) is 10.7 Å². The zero-order valence-corrected chi connectivity index (χ0v) is 12.6. The highest BCUT2D eigenvalue weighted by Gasteiger charge is 2.52. The molecule has 1 spiro atoms. The fourth-order valence-electron chi connectivity index (χ4n) is 3.00. The summed E-state index contributed by atoms with van der Waals surface area (Å²) in [5.74, 6) is 0.0111. The number of piperidine rings is 1. The molecule has 114 valence electrons. The molecule has 3 heterocycles. The number of nitrogens with zero attached hydrogens (tertiary/aromatic N) is 4. The Balaban J connectivity index is 1.81. The monoisotopic (exact) mass is 309 g/mol. The molecule has 0 aliphatic carbocycles. The van der Waals surface area contributed by atoms with Crippen LogP contribution in [0.25, 0.3) is 0 Å². The lowest BCUT2D eigenvalue weighted by atomic mass is 9.86. The molecule has 0 atom stereocenters. The maximum Gasteiger partial charge on any atom is 0.324 e. The maximum atomic E-state index is 12.1. The van der Waals surface area contributed by atoms with Gasteiger partial charge in [-0.2, -0.15) is 0 Å². The number of carbonyl (C=O) groups excluding carboxylic acids is 3. The number of imide groups is 1. The van der Waals surface area contributed by atoms with Gasteiger partial charge in [0.05, 0.1) is 5.69 Å². The van der Waals surface area contributed by atoms with Gasteiger partial charge in [-0.25, -0.2) is 14.8 Å². The number of amides is 3. The van der Waals surface area contributed by atoms with Crippen LogP contribution in [-0.2, 0) is 4.79 Å². The first-order valence-corrected chi connectivity index (χ1v) is 7.12. The van der Waals surface area contributed by atoms with Crippen LogP contribution in [0, 0.1) is 0 Å². The maximum absolute atomic E-state index is 12.1. The first kappa shape index (κ1) is 15.5. The second kappa shape index (κ2) is 5.36. The lowest BCUT2D eigenvalue weighted by Gasteiger charge is -2.40. The third kappa shape index (κ3) is 2.47. The molecule has 0 aromatic carbocycles. The predicted molar refractivity (Wildman–Crippen MR) is 83.0 cm³/mol. The van der Waals surface area contributed by atoms with Crippen LogP contribution < -0.4 is 15.8 Å². The summed E-state index contributed by atoms with van der Waals surface area (Å²) in [6.07, 6.45) is 0.871. The molecular weight excluding hydrogens is 296 g/mol. The Labute approximate surface area is 135 Å². The summed E-state index contributed by atoms with van der Waals surface area (Å²) < 4.78 is 0. The van der Waals surface area contributed by atoms with Gasteiger partial charge in [-0.05, 0) is 24.5 Å². The fourth-order valence-corrected chi connectivity index (χ4v) is 3.00. The lowest BCUT2D eigenvalue weighted by molar-refractivity contribution is -0.127. The molecule has 1 aromatic heterocycles. The largest absolute Gasteiger partial charge is 0.341 e. The summed E-state index contributed by atoms with van der Waals surface area (Å²) in [6, 6.07) is 0.924. The standard InChI is InChI=1S/C13H13B2N5O3/c1-19-12(23)18-10(22)13(19)2-4-20(5-3-13)11-16-7(9(15)21)6-8(14)17-11/h6H,2-5H2,1H3,(H,18,22,23). The van der Waals surface area contributed by atoms with Gasteiger partial charge in [0.2, 0.25) is 5.95 Å². The highest BCUT2D eigenvalue weighted by molar-refractivity contribution is 6.62. The van der Waals surface area contributed by atoms with Crippen molar-refractivity contribution in [3.63, 3.8) is 0 Å². The van der Waals surface area contributed by atoms with Gasteiger partial charge in [0, 0.05) is 20.1 Å². The molecule has 0 saturated carbocycles. The minimum atomic E-state index is -0.833. The SMILES string of the molecule is [B]C(=O)c1cc([B])nc(N2CCC3(CC2)C(=O)NC(=O)N3C)n1. The van der Waals surface area contributed by atoms with E-state index >= 15 is 0 Å². The lowest BCUT2D eigenvalue weighted by Crippen LogP contribution is -2.55. The first-order valence-electron chi connectivity index (χ1n) is 7.12. The van der Waals surface area contributed by atoms with E-state index in [2.05, 4.69) is 15.3 Å². The van der Waals surface area contributed by atoms with Crippen LogP contribution in [0.5, 0.6) is 0 Å². The molecule has 8 nitrogen and oxygen atoms in total. The van der Waals surface area contributed by atoms with Gasteiger partial charge in [-0.15, -0.1) is 0 Å². The third-order valence-corrected chi connectivity index (χ3v) is 4.45. The van der Waals surface area contributed by atoms with E-state index in [4.69, 9.17) is 15.7 Å². The van der Waals surface area contributed by atoms with Gasteiger partial charge in [-0.1, -0.05) is 0 Å². The molecule has 2 fully saturated rings. The van der Waals surface area contributed by atoms with Gasteiger partial charge in [0.25, 0.3) is 5.91 Å². The van der Waals surface area contributed by atoms with Crippen LogP contribution in [0.3, 0.4) is 0 Å². The average molecular weight is 309 g/mol. The summed E-state index contributed by atoms with van der Waals surface area (Å²) >= 11 is 0. The Morgan fingerprint density at radius 2 is 1.96 bits per heavy atom. The normalized spacial score (nSPS) is 20.0. The van der Waals surface area contributed by atoms with Crippen molar-refractivity contribution in [1.82, 2.24) is 20.2 Å². The van der Waals surface area contributed by atoms with Crippen molar-refractivity contribution in [2.45, 2.75) is 18.4 Å². The van der Waals surface area contributed by atoms with Crippen molar-refractivity contribution < 1.29 is 14.4 Å². The van der Waals surface area contributed by atoms with Crippen molar-refractivity contribution >= 4 is 44.9 Å². The molecule has 1 N–H and O–H groups in total. The zero-order chi connectivity index (χ0) is 16.8. The number of aromatic nitrogens is 2. The molecule has 3 rings (SSSR count). The van der Waals surface area contributed by atoms with Crippen molar-refractivity contribution in [2.24, 2.45) is 0 Å². The molecule has 0 unspecified atom stereocenters. The van der Waals surface area contributed by atoms with Crippen LogP contribution in [0.15, 0.2) is 6.07 Å². The second-order valence-corrected chi connectivity index (χ2v) is 5.68. The van der Waals surface area contributed by atoms with E-state index in [1.54, 1.807) is 7.05 Å². The van der Waals surface area contributed by atoms with Crippen LogP contribution in [0.1, 0.15) is 23.3 Å². The molecule has 2 aliphatic rings. The van der Waals surface area contributed by atoms with E-state index in [0.29, 0.717) is 31.9 Å². The molecule has 0 bridgehead atoms. The van der Waals surface area contributed by atoms with Crippen LogP contribution in [0.2, 0.25) is 0 Å². The first-order chi connectivity index (χ1) is 10.8. The van der Waals surface area contributed by atoms with Crippen molar-refractivity contribution in [2.75, 3.05) is 25.0 Å². The molecule has 23 heavy (non-hydrogen) atoms. The van der Waals surface area contributed by atoms with Gasteiger partial charge >= 0.3 is 6.03 Å². The smallest absolute Gasteiger partial charge is 0.324 e. The van der Waals surface area contributed by atoms with Gasteiger partial charge in [0.1, 0.15) is 19.1 Å². The third-order valence-electron chi connectivity index (χ3n) is 4.45. The summed E-state index contributed by atoms with van der Waals surface area (Å²) in [7, 11) is 12.5. The van der Waals surface area contributed by atoms with Crippen molar-refractivity contribution in [1.29, 1.82) is 0 Å². The van der Waals surface area contributed by atoms with Gasteiger partial charge in [0.15, 0.2) is 7.85 Å². The van der Waals surface area contributed by atoms with E-state index in [1.165, 1.54) is 11.0 Å². The number of likely N-dealkylation sites (N-methyl/N-ethyl adjacent to an activating group) is 1. The topological polar surface area (TPSA) is 95.5 Å². The molecule has 3 amide bonds. The molecular formula is C13H13B2N5O3. The second-order valence-electron chi connectivity index (χ2n) is 5.68. The summed E-state index contributed by atoms with van der Waals surface area (Å²) in [6.45, 7) is 0.902. The van der Waals surface area contributed by atoms with E-state index in [-0.39, 0.29) is 23.2 Å². The summed E-state index contributed by atoms with van der Waals surface area (Å²) in [5.41, 5.74) is -1.33. The van der Waals surface area contributed by atoms with Gasteiger partial charge in [-0.3, -0.25) is 10.1 Å². The average Bonchev–Trinajstić information content (AvgIpc) is 2.71. The Morgan fingerprint density at radius 1 is 1.30 bits per heavy atom. The van der Waals surface area contributed by atoms with Gasteiger partial charge < -0.3 is 14.6 Å². The molecule has 2 saturated heterocycles. The van der Waals surface area contributed by atoms with E-state index < -0.39 is 11.2 Å². The molecule has 1 aromatic rings. The molecule has 10 heteroatoms. The summed E-state index contributed by atoms with van der Waals surface area (Å²) in [4.78, 5) is 46.5. The molecule has 2 aliphatic heterocycles. The zero-order valence-electron chi connectivity index (χ0n) is 12.6. The number of rotatable bonds is 2. The Morgan fingerprint density at radius 3 is 2.48 bits per heavy atom. The van der Waals surface area contributed by atoms with E-state index in [1.807, 2.05) is 4.90 Å². The van der Waals surface area contributed by atoms with E-state index in [0.717, 1.165) is 0 Å². The highest BCUT2D eigenvalue weighted by atomic mass is 16.2. The number of anilines is 1. The van der Waals surface area contributed by atoms with Crippen LogP contribution in [-0.4, -0.2) is 73.9 Å². The number of urea groups is 1. The summed E-state index contributed by atoms with van der Waals surface area (Å²) in [5, 5.41) is 2.33. The molecule has 4 radical (unpaired) electrons. The predicted octanol–water partition coefficient (Wildman–Crippen LogP) is -1.90. The quantitative estimate of drug-likeness (QED) is 0.506. The van der Waals surface area contributed by atoms with Crippen molar-refractivity contribution in [3.8, 4) is 0 Å². The van der Waals surface area contributed by atoms with Crippen molar-refractivity contribution in [3.05, 3.63) is 11.8 Å². The van der Waals surface area contributed by atoms with Crippen LogP contribution >= 0.6 is 0 Å². The fraction of sp³-hybridized carbons (Fsp3) is 0.462. The van der Waals surface area contributed by atoms with E-state index in [9.17, 15) is 14.4 Å². The highest BCUT2D eigenvalue weighted by Crippen LogP contribution is 2.32. The Hall–Kier alpha value is -2.38. The number of hydrogen-bond acceptors (Lipinski definition) is 6. The Kier molecular flexibility index (Phi) is 3.62. The number of hydrogen-bond donors (Lipinski definition) is 1. The Bertz CT molecular complexity index is 703.